The van der Waals surface area contributed by atoms with Gasteiger partial charge in [0.15, 0.2) is 6.10 Å². The highest BCUT2D eigenvalue weighted by molar-refractivity contribution is 5.79. The van der Waals surface area contributed by atoms with Gasteiger partial charge in [-0.15, -0.1) is 0 Å². The largest absolute Gasteiger partial charge is 0.385 e. The molecule has 88 valence electrons. The van der Waals surface area contributed by atoms with Gasteiger partial charge in [-0.25, -0.2) is 4.39 Å². The van der Waals surface area contributed by atoms with Gasteiger partial charge in [0.2, 0.25) is 5.91 Å². The zero-order valence-corrected chi connectivity index (χ0v) is 8.43. The van der Waals surface area contributed by atoms with Crippen LogP contribution >= 0.6 is 0 Å². The SMILES string of the molecule is NCc1ccc(F)c(C(O)C(O)C(N)=O)c1. The Morgan fingerprint density at radius 2 is 2.06 bits per heavy atom. The number of nitrogens with two attached hydrogens (primary N) is 2. The van der Waals surface area contributed by atoms with E-state index in [4.69, 9.17) is 11.5 Å². The molecule has 0 aliphatic heterocycles. The molecule has 0 fully saturated rings. The molecule has 1 aromatic rings. The lowest BCUT2D eigenvalue weighted by molar-refractivity contribution is -0.132. The molecule has 0 radical (unpaired) electrons. The molecule has 1 rings (SSSR count). The molecule has 0 aliphatic rings. The lowest BCUT2D eigenvalue weighted by Crippen LogP contribution is -2.34. The Labute approximate surface area is 91.5 Å². The van der Waals surface area contributed by atoms with Crippen molar-refractivity contribution < 1.29 is 19.4 Å². The molecule has 0 saturated heterocycles. The fourth-order valence-corrected chi connectivity index (χ4v) is 1.27. The fraction of sp³-hybridized carbons (Fsp3) is 0.300. The van der Waals surface area contributed by atoms with Crippen molar-refractivity contribution in [1.82, 2.24) is 0 Å². The number of benzene rings is 1. The Hall–Kier alpha value is -1.50. The van der Waals surface area contributed by atoms with Gasteiger partial charge in [0.1, 0.15) is 11.9 Å². The minimum Gasteiger partial charge on any atom is -0.385 e. The first-order valence-corrected chi connectivity index (χ1v) is 4.61. The number of halogens is 1. The van der Waals surface area contributed by atoms with Crippen molar-refractivity contribution in [2.75, 3.05) is 0 Å². The summed E-state index contributed by atoms with van der Waals surface area (Å²) in [5.41, 5.74) is 10.5. The Bertz CT molecular complexity index is 398. The number of rotatable bonds is 4. The van der Waals surface area contributed by atoms with E-state index in [9.17, 15) is 19.4 Å². The smallest absolute Gasteiger partial charge is 0.249 e. The molecule has 0 aromatic heterocycles. The number of carbonyl (C=O) groups excluding carboxylic acids is 1. The van der Waals surface area contributed by atoms with E-state index < -0.39 is 23.9 Å². The summed E-state index contributed by atoms with van der Waals surface area (Å²) in [7, 11) is 0. The highest BCUT2D eigenvalue weighted by Gasteiger charge is 2.25. The first-order chi connectivity index (χ1) is 7.47. The van der Waals surface area contributed by atoms with Crippen LogP contribution in [0.5, 0.6) is 0 Å². The van der Waals surface area contributed by atoms with Crippen LogP contribution in [0.15, 0.2) is 18.2 Å². The lowest BCUT2D eigenvalue weighted by Gasteiger charge is -2.16. The normalized spacial score (nSPS) is 14.5. The topological polar surface area (TPSA) is 110 Å². The molecule has 2 unspecified atom stereocenters. The maximum Gasteiger partial charge on any atom is 0.249 e. The molecular weight excluding hydrogens is 215 g/mol. The van der Waals surface area contributed by atoms with E-state index >= 15 is 0 Å². The van der Waals surface area contributed by atoms with Gasteiger partial charge in [-0.05, 0) is 17.7 Å². The number of amides is 1. The summed E-state index contributed by atoms with van der Waals surface area (Å²) < 4.78 is 13.3. The Morgan fingerprint density at radius 1 is 1.44 bits per heavy atom. The molecule has 1 amide bonds. The Kier molecular flexibility index (Phi) is 3.94. The van der Waals surface area contributed by atoms with Crippen molar-refractivity contribution >= 4 is 5.91 Å². The molecule has 0 spiro atoms. The van der Waals surface area contributed by atoms with Gasteiger partial charge < -0.3 is 21.7 Å². The summed E-state index contributed by atoms with van der Waals surface area (Å²) in [5.74, 6) is -1.85. The summed E-state index contributed by atoms with van der Waals surface area (Å²) in [4.78, 5) is 10.6. The molecular formula is C10H13FN2O3. The van der Waals surface area contributed by atoms with Gasteiger partial charge >= 0.3 is 0 Å². The van der Waals surface area contributed by atoms with E-state index in [0.717, 1.165) is 6.07 Å². The molecule has 5 nitrogen and oxygen atoms in total. The summed E-state index contributed by atoms with van der Waals surface area (Å²) in [6.45, 7) is 0.159. The average molecular weight is 228 g/mol. The van der Waals surface area contributed by atoms with Crippen molar-refractivity contribution in [2.24, 2.45) is 11.5 Å². The maximum atomic E-state index is 13.3. The van der Waals surface area contributed by atoms with Crippen molar-refractivity contribution in [1.29, 1.82) is 0 Å². The van der Waals surface area contributed by atoms with Crippen LogP contribution in [0.1, 0.15) is 17.2 Å². The molecule has 0 aliphatic carbocycles. The number of primary amides is 1. The molecule has 2 atom stereocenters. The highest BCUT2D eigenvalue weighted by Crippen LogP contribution is 2.21. The van der Waals surface area contributed by atoms with E-state index in [1.165, 1.54) is 12.1 Å². The molecule has 6 heteroatoms. The zero-order chi connectivity index (χ0) is 12.3. The zero-order valence-electron chi connectivity index (χ0n) is 8.43. The van der Waals surface area contributed by atoms with E-state index in [-0.39, 0.29) is 12.1 Å². The molecule has 0 bridgehead atoms. The minimum atomic E-state index is -1.84. The first kappa shape index (κ1) is 12.6. The van der Waals surface area contributed by atoms with E-state index in [1.54, 1.807) is 0 Å². The monoisotopic (exact) mass is 228 g/mol. The Morgan fingerprint density at radius 3 is 2.56 bits per heavy atom. The first-order valence-electron chi connectivity index (χ1n) is 4.61. The number of aliphatic hydroxyl groups excluding tert-OH is 2. The van der Waals surface area contributed by atoms with Crippen LogP contribution in [0.3, 0.4) is 0 Å². The Balaban J connectivity index is 3.06. The van der Waals surface area contributed by atoms with Crippen LogP contribution in [-0.2, 0) is 11.3 Å². The van der Waals surface area contributed by atoms with Crippen LogP contribution in [0.4, 0.5) is 4.39 Å². The van der Waals surface area contributed by atoms with Crippen LogP contribution in [0.2, 0.25) is 0 Å². The molecule has 6 N–H and O–H groups in total. The maximum absolute atomic E-state index is 13.3. The van der Waals surface area contributed by atoms with Gasteiger partial charge in [-0.2, -0.15) is 0 Å². The third kappa shape index (κ3) is 2.54. The van der Waals surface area contributed by atoms with E-state index in [2.05, 4.69) is 0 Å². The van der Waals surface area contributed by atoms with Crippen LogP contribution < -0.4 is 11.5 Å². The third-order valence-corrected chi connectivity index (χ3v) is 2.21. The van der Waals surface area contributed by atoms with Gasteiger partial charge in [0.05, 0.1) is 0 Å². The lowest BCUT2D eigenvalue weighted by atomic mass is 10.0. The van der Waals surface area contributed by atoms with Gasteiger partial charge in [0.25, 0.3) is 0 Å². The van der Waals surface area contributed by atoms with E-state index in [1.807, 2.05) is 0 Å². The quantitative estimate of drug-likeness (QED) is 0.538. The van der Waals surface area contributed by atoms with Gasteiger partial charge in [-0.3, -0.25) is 4.79 Å². The predicted molar refractivity (Wildman–Crippen MR) is 54.5 cm³/mol. The fourth-order valence-electron chi connectivity index (χ4n) is 1.27. The summed E-state index contributed by atoms with van der Waals surface area (Å²) in [6, 6.07) is 3.84. The minimum absolute atomic E-state index is 0.159. The molecule has 0 saturated carbocycles. The van der Waals surface area contributed by atoms with Crippen molar-refractivity contribution in [3.8, 4) is 0 Å². The second-order valence-corrected chi connectivity index (χ2v) is 3.35. The molecule has 16 heavy (non-hydrogen) atoms. The number of carbonyl (C=O) groups is 1. The van der Waals surface area contributed by atoms with Gasteiger partial charge in [0, 0.05) is 12.1 Å². The second-order valence-electron chi connectivity index (χ2n) is 3.35. The molecule has 0 heterocycles. The second kappa shape index (κ2) is 5.02. The average Bonchev–Trinajstić information content (AvgIpc) is 2.27. The number of hydrogen-bond acceptors (Lipinski definition) is 4. The summed E-state index contributed by atoms with van der Waals surface area (Å²) in [5, 5.41) is 18.7. The number of hydrogen-bond donors (Lipinski definition) is 4. The van der Waals surface area contributed by atoms with Crippen molar-refractivity contribution in [3.05, 3.63) is 35.1 Å². The van der Waals surface area contributed by atoms with Crippen molar-refractivity contribution in [3.63, 3.8) is 0 Å². The van der Waals surface area contributed by atoms with Crippen LogP contribution in [0.25, 0.3) is 0 Å². The van der Waals surface area contributed by atoms with Crippen LogP contribution in [0, 0.1) is 5.82 Å². The highest BCUT2D eigenvalue weighted by atomic mass is 19.1. The molecule has 1 aromatic carbocycles. The third-order valence-electron chi connectivity index (χ3n) is 2.21. The summed E-state index contributed by atoms with van der Waals surface area (Å²) in [6.07, 6.45) is -3.54. The standard InChI is InChI=1S/C10H13FN2O3/c11-7-2-1-5(4-12)3-6(7)8(14)9(15)10(13)16/h1-3,8-9,14-15H,4,12H2,(H2,13,16). The predicted octanol–water partition coefficient (Wildman–Crippen LogP) is -0.836. The van der Waals surface area contributed by atoms with Crippen molar-refractivity contribution in [2.45, 2.75) is 18.8 Å². The summed E-state index contributed by atoms with van der Waals surface area (Å²) >= 11 is 0. The number of aliphatic hydroxyl groups is 2. The van der Waals surface area contributed by atoms with Crippen LogP contribution in [-0.4, -0.2) is 22.2 Å². The van der Waals surface area contributed by atoms with E-state index in [0.29, 0.717) is 5.56 Å². The van der Waals surface area contributed by atoms with Gasteiger partial charge in [-0.1, -0.05) is 6.07 Å².